The average molecular weight is 424 g/mol. The largest absolute Gasteiger partial charge is 0.348 e. The monoisotopic (exact) mass is 423 g/mol. The van der Waals surface area contributed by atoms with Crippen LogP contribution in [0.4, 0.5) is 4.39 Å². The summed E-state index contributed by atoms with van der Waals surface area (Å²) >= 11 is 3.25. The van der Waals surface area contributed by atoms with Crippen molar-refractivity contribution < 1.29 is 9.18 Å². The number of fused-ring (bicyclic) bond motifs is 1. The van der Waals surface area contributed by atoms with Gasteiger partial charge in [-0.25, -0.2) is 9.37 Å². The highest BCUT2D eigenvalue weighted by Gasteiger charge is 2.30. The van der Waals surface area contributed by atoms with Crippen molar-refractivity contribution in [2.45, 2.75) is 31.5 Å². The number of nitrogens with one attached hydrogen (secondary N) is 1. The second kappa shape index (κ2) is 7.65. The molecule has 0 bridgehead atoms. The van der Waals surface area contributed by atoms with E-state index in [2.05, 4.69) is 39.6 Å². The number of aromatic nitrogens is 2. The molecule has 7 heteroatoms. The second-order valence-corrected chi connectivity index (χ2v) is 9.08. The van der Waals surface area contributed by atoms with E-state index in [0.29, 0.717) is 18.5 Å². The molecule has 1 saturated carbocycles. The van der Waals surface area contributed by atoms with E-state index in [1.54, 1.807) is 22.7 Å². The van der Waals surface area contributed by atoms with Gasteiger partial charge >= 0.3 is 0 Å². The summed E-state index contributed by atoms with van der Waals surface area (Å²) in [6, 6.07) is 12.2. The van der Waals surface area contributed by atoms with Crippen LogP contribution in [0.5, 0.6) is 0 Å². The number of halogens is 1. The van der Waals surface area contributed by atoms with Gasteiger partial charge in [0.25, 0.3) is 5.91 Å². The topological polar surface area (TPSA) is 54.9 Å². The molecule has 0 spiro atoms. The van der Waals surface area contributed by atoms with Crippen LogP contribution < -0.4 is 5.32 Å². The third-order valence-electron chi connectivity index (χ3n) is 5.20. The van der Waals surface area contributed by atoms with Crippen LogP contribution in [0.25, 0.3) is 20.7 Å². The molecule has 1 fully saturated rings. The summed E-state index contributed by atoms with van der Waals surface area (Å²) < 4.78 is 14.1. The van der Waals surface area contributed by atoms with Gasteiger partial charge in [0.15, 0.2) is 0 Å². The molecular formula is C22H18FN3OS2. The number of alkyl halides is 1. The lowest BCUT2D eigenvalue weighted by atomic mass is 9.90. The molecule has 1 aliphatic carbocycles. The van der Waals surface area contributed by atoms with E-state index >= 15 is 0 Å². The summed E-state index contributed by atoms with van der Waals surface area (Å²) in [6.45, 7) is 0. The zero-order valence-electron chi connectivity index (χ0n) is 15.5. The van der Waals surface area contributed by atoms with Crippen molar-refractivity contribution in [2.24, 2.45) is 0 Å². The van der Waals surface area contributed by atoms with Crippen molar-refractivity contribution in [2.75, 3.05) is 0 Å². The molecule has 3 aromatic heterocycles. The Morgan fingerprint density at radius 3 is 2.72 bits per heavy atom. The highest BCUT2D eigenvalue weighted by Crippen LogP contribution is 2.29. The molecule has 5 rings (SSSR count). The van der Waals surface area contributed by atoms with Crippen molar-refractivity contribution in [3.8, 4) is 10.4 Å². The van der Waals surface area contributed by atoms with Crippen molar-refractivity contribution in [3.63, 3.8) is 0 Å². The molecule has 1 amide bonds. The fourth-order valence-corrected chi connectivity index (χ4v) is 5.04. The smallest absolute Gasteiger partial charge is 0.270 e. The lowest BCUT2D eigenvalue weighted by Crippen LogP contribution is -2.45. The fraction of sp³-hybridized carbons (Fsp3) is 0.227. The van der Waals surface area contributed by atoms with Gasteiger partial charge < -0.3 is 5.32 Å². The second-order valence-electron chi connectivity index (χ2n) is 7.28. The number of amides is 1. The number of carbonyl (C=O) groups excluding carboxylic acids is 1. The Morgan fingerprint density at radius 2 is 2.00 bits per heavy atom. The first kappa shape index (κ1) is 18.4. The number of thiophene rings is 1. The predicted octanol–water partition coefficient (Wildman–Crippen LogP) is 5.24. The minimum absolute atomic E-state index is 0.0831. The van der Waals surface area contributed by atoms with Crippen LogP contribution in [0.1, 0.15) is 34.5 Å². The summed E-state index contributed by atoms with van der Waals surface area (Å²) in [6.07, 6.45) is 2.59. The van der Waals surface area contributed by atoms with Gasteiger partial charge in [0, 0.05) is 12.2 Å². The van der Waals surface area contributed by atoms with Crippen LogP contribution in [0.2, 0.25) is 0 Å². The minimum Gasteiger partial charge on any atom is -0.348 e. The molecule has 0 radical (unpaired) electrons. The predicted molar refractivity (Wildman–Crippen MR) is 115 cm³/mol. The lowest BCUT2D eigenvalue weighted by molar-refractivity contribution is 0.0855. The summed E-state index contributed by atoms with van der Waals surface area (Å²) in [5.74, 6) is -0.225. The highest BCUT2D eigenvalue weighted by atomic mass is 32.1. The zero-order valence-corrected chi connectivity index (χ0v) is 17.1. The lowest BCUT2D eigenvalue weighted by Gasteiger charge is -2.30. The van der Waals surface area contributed by atoms with E-state index in [9.17, 15) is 9.18 Å². The van der Waals surface area contributed by atoms with E-state index in [4.69, 9.17) is 0 Å². The van der Waals surface area contributed by atoms with Gasteiger partial charge in [-0.05, 0) is 53.5 Å². The summed E-state index contributed by atoms with van der Waals surface area (Å²) in [5.41, 5.74) is 6.46. The molecular weight excluding hydrogens is 405 g/mol. The van der Waals surface area contributed by atoms with Gasteiger partial charge in [-0.15, -0.1) is 22.7 Å². The molecule has 1 aliphatic rings. The Hall–Kier alpha value is -2.64. The van der Waals surface area contributed by atoms with E-state index in [1.165, 1.54) is 5.56 Å². The van der Waals surface area contributed by atoms with Crippen molar-refractivity contribution >= 4 is 38.8 Å². The van der Waals surface area contributed by atoms with Crippen LogP contribution in [0.15, 0.2) is 53.5 Å². The standard InChI is InChI=1S/C22H18FN3OS2/c23-16-9-17(10-16)25-22(27)19-8-15(21-18(26-19)5-6-28-21)7-13-1-3-14(4-2-13)20-11-24-12-29-20/h1-6,8,11-12,16-17H,7,9-10H2,(H,25,27). The molecule has 0 aliphatic heterocycles. The van der Waals surface area contributed by atoms with Crippen molar-refractivity contribution in [3.05, 3.63) is 70.3 Å². The zero-order chi connectivity index (χ0) is 19.8. The fourth-order valence-electron chi connectivity index (χ4n) is 3.56. The summed E-state index contributed by atoms with van der Waals surface area (Å²) in [5, 5.41) is 4.89. The first-order chi connectivity index (χ1) is 14.2. The first-order valence-electron chi connectivity index (χ1n) is 9.45. The highest BCUT2D eigenvalue weighted by molar-refractivity contribution is 7.17. The SMILES string of the molecule is O=C(NC1CC(F)C1)c1cc(Cc2ccc(-c3cncs3)cc2)c2sccc2n1. The maximum Gasteiger partial charge on any atom is 0.270 e. The van der Waals surface area contributed by atoms with E-state index in [-0.39, 0.29) is 11.9 Å². The molecule has 0 atom stereocenters. The van der Waals surface area contributed by atoms with Crippen LogP contribution in [-0.4, -0.2) is 28.1 Å². The number of carbonyl (C=O) groups is 1. The summed E-state index contributed by atoms with van der Waals surface area (Å²) in [7, 11) is 0. The number of pyridine rings is 1. The Balaban J connectivity index is 1.40. The Morgan fingerprint density at radius 1 is 1.17 bits per heavy atom. The van der Waals surface area contributed by atoms with Gasteiger partial charge in [0.2, 0.25) is 0 Å². The molecule has 4 nitrogen and oxygen atoms in total. The van der Waals surface area contributed by atoms with Crippen LogP contribution in [0, 0.1) is 0 Å². The molecule has 1 N–H and O–H groups in total. The maximum atomic E-state index is 13.0. The number of benzene rings is 1. The number of rotatable bonds is 5. The van der Waals surface area contributed by atoms with Gasteiger partial charge in [-0.3, -0.25) is 9.78 Å². The third kappa shape index (κ3) is 3.80. The van der Waals surface area contributed by atoms with Crippen molar-refractivity contribution in [1.82, 2.24) is 15.3 Å². The molecule has 146 valence electrons. The first-order valence-corrected chi connectivity index (χ1v) is 11.2. The van der Waals surface area contributed by atoms with E-state index in [1.807, 2.05) is 29.2 Å². The number of nitrogens with zero attached hydrogens (tertiary/aromatic N) is 2. The van der Waals surface area contributed by atoms with E-state index in [0.717, 1.165) is 32.6 Å². The molecule has 0 saturated heterocycles. The third-order valence-corrected chi connectivity index (χ3v) is 7.00. The molecule has 29 heavy (non-hydrogen) atoms. The summed E-state index contributed by atoms with van der Waals surface area (Å²) in [4.78, 5) is 22.4. The Labute approximate surface area is 175 Å². The normalized spacial score (nSPS) is 18.5. The van der Waals surface area contributed by atoms with E-state index < -0.39 is 6.17 Å². The number of hydrogen-bond acceptors (Lipinski definition) is 5. The molecule has 0 unspecified atom stereocenters. The van der Waals surface area contributed by atoms with Crippen LogP contribution >= 0.6 is 22.7 Å². The number of hydrogen-bond donors (Lipinski definition) is 1. The Bertz CT molecular complexity index is 1150. The maximum absolute atomic E-state index is 13.0. The average Bonchev–Trinajstić information content (AvgIpc) is 3.39. The van der Waals surface area contributed by atoms with Crippen LogP contribution in [0.3, 0.4) is 0 Å². The van der Waals surface area contributed by atoms with Gasteiger partial charge in [-0.1, -0.05) is 24.3 Å². The van der Waals surface area contributed by atoms with Crippen LogP contribution in [-0.2, 0) is 6.42 Å². The van der Waals surface area contributed by atoms with Gasteiger partial charge in [-0.2, -0.15) is 0 Å². The number of thiazole rings is 1. The molecule has 4 aromatic rings. The minimum atomic E-state index is -0.795. The van der Waals surface area contributed by atoms with Gasteiger partial charge in [0.05, 0.1) is 20.6 Å². The Kier molecular flexibility index (Phi) is 4.85. The molecule has 1 aromatic carbocycles. The molecule has 3 heterocycles. The van der Waals surface area contributed by atoms with Gasteiger partial charge in [0.1, 0.15) is 11.9 Å². The van der Waals surface area contributed by atoms with Crippen molar-refractivity contribution in [1.29, 1.82) is 0 Å². The quantitative estimate of drug-likeness (QED) is 0.478.